The monoisotopic (exact) mass is 364 g/mol. The molecule has 0 atom stereocenters. The van der Waals surface area contributed by atoms with Gasteiger partial charge in [0.25, 0.3) is 5.56 Å². The van der Waals surface area contributed by atoms with Crippen molar-refractivity contribution in [2.75, 3.05) is 5.32 Å². The van der Waals surface area contributed by atoms with Gasteiger partial charge in [-0.1, -0.05) is 23.4 Å². The summed E-state index contributed by atoms with van der Waals surface area (Å²) in [4.78, 5) is 24.3. The van der Waals surface area contributed by atoms with Crippen molar-refractivity contribution in [3.8, 4) is 5.75 Å². The van der Waals surface area contributed by atoms with Crippen LogP contribution in [0.3, 0.4) is 0 Å². The van der Waals surface area contributed by atoms with Crippen molar-refractivity contribution >= 4 is 22.5 Å². The van der Waals surface area contributed by atoms with Gasteiger partial charge >= 0.3 is 6.36 Å². The second-order valence-electron chi connectivity index (χ2n) is 5.19. The quantitative estimate of drug-likeness (QED) is 0.768. The Hall–Kier alpha value is -3.43. The second-order valence-corrected chi connectivity index (χ2v) is 5.19. The first kappa shape index (κ1) is 17.4. The highest BCUT2D eigenvalue weighted by Crippen LogP contribution is 2.25. The van der Waals surface area contributed by atoms with Crippen LogP contribution in [0.15, 0.2) is 53.3 Å². The van der Waals surface area contributed by atoms with Crippen molar-refractivity contribution < 1.29 is 22.7 Å². The lowest BCUT2D eigenvalue weighted by Crippen LogP contribution is -2.30. The van der Waals surface area contributed by atoms with E-state index in [-0.39, 0.29) is 5.69 Å². The summed E-state index contributed by atoms with van der Waals surface area (Å²) in [6, 6.07) is 11.3. The number of aromatic nitrogens is 3. The van der Waals surface area contributed by atoms with Crippen molar-refractivity contribution in [3.63, 3.8) is 0 Å². The Kier molecular flexibility index (Phi) is 4.57. The molecule has 0 radical (unpaired) electrons. The molecule has 7 nitrogen and oxygen atoms in total. The summed E-state index contributed by atoms with van der Waals surface area (Å²) in [5, 5.41) is 10.2. The molecule has 0 aliphatic heterocycles. The fourth-order valence-corrected chi connectivity index (χ4v) is 2.23. The van der Waals surface area contributed by atoms with E-state index in [1.54, 1.807) is 24.3 Å². The van der Waals surface area contributed by atoms with Crippen molar-refractivity contribution in [2.45, 2.75) is 12.9 Å². The number of halogens is 3. The fraction of sp³-hybridized carbons (Fsp3) is 0.125. The maximum absolute atomic E-state index is 12.3. The number of ether oxygens (including phenoxy) is 1. The van der Waals surface area contributed by atoms with Crippen LogP contribution in [-0.2, 0) is 11.3 Å². The van der Waals surface area contributed by atoms with Gasteiger partial charge in [0, 0.05) is 11.8 Å². The molecule has 1 aromatic heterocycles. The van der Waals surface area contributed by atoms with Crippen LogP contribution in [0.25, 0.3) is 10.9 Å². The third kappa shape index (κ3) is 4.15. The lowest BCUT2D eigenvalue weighted by molar-refractivity contribution is -0.274. The minimum atomic E-state index is -4.84. The van der Waals surface area contributed by atoms with Crippen LogP contribution in [-0.4, -0.2) is 27.3 Å². The average Bonchev–Trinajstić information content (AvgIpc) is 2.56. The highest BCUT2D eigenvalue weighted by Gasteiger charge is 2.31. The molecule has 0 spiro atoms. The highest BCUT2D eigenvalue weighted by atomic mass is 19.4. The van der Waals surface area contributed by atoms with Gasteiger partial charge in [-0.2, -0.15) is 0 Å². The zero-order valence-electron chi connectivity index (χ0n) is 13.0. The summed E-state index contributed by atoms with van der Waals surface area (Å²) in [6.07, 6.45) is -4.84. The van der Waals surface area contributed by atoms with Crippen LogP contribution in [0, 0.1) is 0 Å². The number of rotatable bonds is 4. The largest absolute Gasteiger partial charge is 0.573 e. The number of carbonyl (C=O) groups is 1. The minimum absolute atomic E-state index is 0.0820. The van der Waals surface area contributed by atoms with E-state index in [4.69, 9.17) is 0 Å². The Labute approximate surface area is 144 Å². The van der Waals surface area contributed by atoms with E-state index in [0.29, 0.717) is 10.9 Å². The van der Waals surface area contributed by atoms with Gasteiger partial charge in [-0.3, -0.25) is 9.59 Å². The first-order valence-corrected chi connectivity index (χ1v) is 7.30. The number of nitrogens with one attached hydrogen (secondary N) is 1. The number of carbonyl (C=O) groups excluding carboxylic acids is 1. The predicted molar refractivity (Wildman–Crippen MR) is 85.6 cm³/mol. The molecule has 0 bridgehead atoms. The number of hydrogen-bond acceptors (Lipinski definition) is 5. The van der Waals surface area contributed by atoms with E-state index in [0.717, 1.165) is 16.8 Å². The van der Waals surface area contributed by atoms with Crippen LogP contribution in [0.4, 0.5) is 18.9 Å². The van der Waals surface area contributed by atoms with Gasteiger partial charge in [-0.15, -0.1) is 18.3 Å². The molecule has 2 aromatic carbocycles. The first-order chi connectivity index (χ1) is 12.3. The second kappa shape index (κ2) is 6.82. The lowest BCUT2D eigenvalue weighted by Gasteiger charge is -2.11. The molecule has 0 saturated carbocycles. The summed E-state index contributed by atoms with van der Waals surface area (Å²) in [7, 11) is 0. The van der Waals surface area contributed by atoms with Crippen molar-refractivity contribution in [3.05, 3.63) is 58.9 Å². The SMILES string of the molecule is O=C(Cn1nnc2ccccc2c1=O)Nc1cccc(OC(F)(F)F)c1. The van der Waals surface area contributed by atoms with Crippen molar-refractivity contribution in [1.29, 1.82) is 0 Å². The summed E-state index contributed by atoms with van der Waals surface area (Å²) in [5.74, 6) is -1.13. The molecule has 3 rings (SSSR count). The van der Waals surface area contributed by atoms with Crippen LogP contribution in [0.1, 0.15) is 0 Å². The summed E-state index contributed by atoms with van der Waals surface area (Å²) >= 11 is 0. The molecule has 1 heterocycles. The van der Waals surface area contributed by atoms with Gasteiger partial charge in [0.1, 0.15) is 17.8 Å². The molecule has 0 saturated heterocycles. The molecule has 1 amide bonds. The number of nitrogens with zero attached hydrogens (tertiary/aromatic N) is 3. The molecule has 0 fully saturated rings. The summed E-state index contributed by atoms with van der Waals surface area (Å²) in [6.45, 7) is -0.443. The van der Waals surface area contributed by atoms with Gasteiger partial charge in [-0.05, 0) is 24.3 Å². The lowest BCUT2D eigenvalue weighted by atomic mass is 10.2. The number of amides is 1. The molecule has 0 aliphatic rings. The normalized spacial score (nSPS) is 11.3. The highest BCUT2D eigenvalue weighted by molar-refractivity contribution is 5.90. The maximum atomic E-state index is 12.3. The molecule has 26 heavy (non-hydrogen) atoms. The van der Waals surface area contributed by atoms with E-state index >= 15 is 0 Å². The zero-order chi connectivity index (χ0) is 18.7. The number of fused-ring (bicyclic) bond motifs is 1. The topological polar surface area (TPSA) is 86.1 Å². The van der Waals surface area contributed by atoms with E-state index in [2.05, 4.69) is 20.4 Å². The Balaban J connectivity index is 1.75. The fourth-order valence-electron chi connectivity index (χ4n) is 2.23. The van der Waals surface area contributed by atoms with E-state index in [1.165, 1.54) is 12.1 Å². The molecule has 0 unspecified atom stereocenters. The molecule has 1 N–H and O–H groups in total. The van der Waals surface area contributed by atoms with Gasteiger partial charge < -0.3 is 10.1 Å². The molecular weight excluding hydrogens is 353 g/mol. The van der Waals surface area contributed by atoms with E-state index in [9.17, 15) is 22.8 Å². The van der Waals surface area contributed by atoms with Crippen molar-refractivity contribution in [1.82, 2.24) is 15.0 Å². The Morgan fingerprint density at radius 2 is 1.92 bits per heavy atom. The van der Waals surface area contributed by atoms with E-state index < -0.39 is 30.1 Å². The number of alkyl halides is 3. The van der Waals surface area contributed by atoms with Gasteiger partial charge in [0.2, 0.25) is 5.91 Å². The molecular formula is C16H11F3N4O3. The summed E-state index contributed by atoms with van der Waals surface area (Å²) in [5.41, 5.74) is -0.0235. The third-order valence-electron chi connectivity index (χ3n) is 3.27. The smallest absolute Gasteiger partial charge is 0.406 e. The maximum Gasteiger partial charge on any atom is 0.573 e. The predicted octanol–water partition coefficient (Wildman–Crippen LogP) is 2.33. The van der Waals surface area contributed by atoms with Gasteiger partial charge in [0.15, 0.2) is 0 Å². The summed E-state index contributed by atoms with van der Waals surface area (Å²) < 4.78 is 41.3. The Morgan fingerprint density at radius 1 is 1.15 bits per heavy atom. The minimum Gasteiger partial charge on any atom is -0.406 e. The standard InChI is InChI=1S/C16H11F3N4O3/c17-16(18,19)26-11-5-3-4-10(8-11)20-14(24)9-23-15(25)12-6-1-2-7-13(12)21-22-23/h1-8H,9H2,(H,20,24). The third-order valence-corrected chi connectivity index (χ3v) is 3.27. The van der Waals surface area contributed by atoms with Crippen LogP contribution in [0.2, 0.25) is 0 Å². The molecule has 0 aliphatic carbocycles. The van der Waals surface area contributed by atoms with Crippen LogP contribution >= 0.6 is 0 Å². The molecule has 134 valence electrons. The molecule has 10 heteroatoms. The average molecular weight is 364 g/mol. The van der Waals surface area contributed by atoms with Crippen LogP contribution < -0.4 is 15.6 Å². The first-order valence-electron chi connectivity index (χ1n) is 7.30. The Bertz CT molecular complexity index is 1020. The van der Waals surface area contributed by atoms with Crippen molar-refractivity contribution in [2.24, 2.45) is 0 Å². The van der Waals surface area contributed by atoms with Gasteiger partial charge in [-0.25, -0.2) is 4.68 Å². The van der Waals surface area contributed by atoms with E-state index in [1.807, 2.05) is 0 Å². The molecule has 3 aromatic rings. The zero-order valence-corrected chi connectivity index (χ0v) is 13.0. The number of anilines is 1. The van der Waals surface area contributed by atoms with Crippen LogP contribution in [0.5, 0.6) is 5.75 Å². The number of benzene rings is 2. The number of hydrogen-bond donors (Lipinski definition) is 1. The Morgan fingerprint density at radius 3 is 2.69 bits per heavy atom. The van der Waals surface area contributed by atoms with Gasteiger partial charge in [0.05, 0.1) is 5.39 Å².